The smallest absolute Gasteiger partial charge is 0.123 e. The Morgan fingerprint density at radius 2 is 2.08 bits per heavy atom. The lowest BCUT2D eigenvalue weighted by molar-refractivity contribution is 0.624. The number of hydrogen-bond donors (Lipinski definition) is 1. The second-order valence-corrected chi connectivity index (χ2v) is 2.87. The highest BCUT2D eigenvalue weighted by Gasteiger charge is 2.00. The Kier molecular flexibility index (Phi) is 3.23. The molecule has 0 saturated heterocycles. The molecule has 0 aliphatic rings. The van der Waals surface area contributed by atoms with E-state index in [0.717, 1.165) is 18.4 Å². The molecule has 0 atom stereocenters. The van der Waals surface area contributed by atoms with E-state index in [1.807, 2.05) is 6.07 Å². The first-order valence-electron chi connectivity index (χ1n) is 4.25. The van der Waals surface area contributed by atoms with Gasteiger partial charge < -0.3 is 5.73 Å². The molecule has 0 unspecified atom stereocenters. The molecule has 2 N–H and O–H groups in total. The quantitative estimate of drug-likeness (QED) is 0.734. The van der Waals surface area contributed by atoms with E-state index >= 15 is 0 Å². The maximum Gasteiger partial charge on any atom is 0.123 e. The lowest BCUT2D eigenvalue weighted by Crippen LogP contribution is -2.01. The normalized spacial score (nSPS) is 10.2. The summed E-state index contributed by atoms with van der Waals surface area (Å²) >= 11 is 0. The number of nitrogens with two attached hydrogens (primary N) is 1. The molecule has 0 saturated carbocycles. The Balaban J connectivity index is 2.94. The molecule has 0 fully saturated rings. The summed E-state index contributed by atoms with van der Waals surface area (Å²) < 4.78 is 12.7. The molecule has 0 spiro atoms. The largest absolute Gasteiger partial charge is 0.326 e. The summed E-state index contributed by atoms with van der Waals surface area (Å²) in [5.41, 5.74) is 7.58. The molecular formula is C10H14FN. The van der Waals surface area contributed by atoms with Crippen molar-refractivity contribution in [1.29, 1.82) is 0 Å². The molecule has 66 valence electrons. The number of benzene rings is 1. The Hall–Kier alpha value is -0.890. The summed E-state index contributed by atoms with van der Waals surface area (Å²) in [5.74, 6) is -0.199. The molecule has 0 aliphatic heterocycles. The Bertz CT molecular complexity index is 258. The van der Waals surface area contributed by atoms with Crippen LogP contribution in [0.15, 0.2) is 18.2 Å². The van der Waals surface area contributed by atoms with Gasteiger partial charge in [0.1, 0.15) is 5.82 Å². The summed E-state index contributed by atoms with van der Waals surface area (Å²) in [6, 6.07) is 4.83. The minimum atomic E-state index is -0.199. The fourth-order valence-corrected chi connectivity index (χ4v) is 1.30. The van der Waals surface area contributed by atoms with Gasteiger partial charge in [-0.25, -0.2) is 4.39 Å². The van der Waals surface area contributed by atoms with Crippen LogP contribution in [0.25, 0.3) is 0 Å². The molecule has 2 heteroatoms. The molecule has 0 aliphatic carbocycles. The topological polar surface area (TPSA) is 26.0 Å². The summed E-state index contributed by atoms with van der Waals surface area (Å²) in [6.07, 6.45) is 2.05. The van der Waals surface area contributed by atoms with Crippen molar-refractivity contribution in [2.45, 2.75) is 26.3 Å². The number of halogens is 1. The maximum atomic E-state index is 12.7. The molecule has 12 heavy (non-hydrogen) atoms. The van der Waals surface area contributed by atoms with Crippen LogP contribution in [0.5, 0.6) is 0 Å². The standard InChI is InChI=1S/C10H14FN/c1-2-3-8-4-5-10(11)6-9(8)7-12/h4-6H,2-3,7,12H2,1H3. The summed E-state index contributed by atoms with van der Waals surface area (Å²) in [6.45, 7) is 2.52. The molecule has 1 aromatic carbocycles. The minimum absolute atomic E-state index is 0.199. The fourth-order valence-electron chi connectivity index (χ4n) is 1.30. The van der Waals surface area contributed by atoms with Crippen LogP contribution in [-0.4, -0.2) is 0 Å². The van der Waals surface area contributed by atoms with E-state index in [0.29, 0.717) is 6.54 Å². The molecular weight excluding hydrogens is 153 g/mol. The van der Waals surface area contributed by atoms with Crippen molar-refractivity contribution in [3.63, 3.8) is 0 Å². The van der Waals surface area contributed by atoms with Crippen molar-refractivity contribution in [3.05, 3.63) is 35.1 Å². The zero-order valence-electron chi connectivity index (χ0n) is 7.31. The van der Waals surface area contributed by atoms with Crippen LogP contribution in [0.2, 0.25) is 0 Å². The zero-order chi connectivity index (χ0) is 8.97. The van der Waals surface area contributed by atoms with Crippen LogP contribution >= 0.6 is 0 Å². The van der Waals surface area contributed by atoms with Crippen LogP contribution in [0, 0.1) is 5.82 Å². The van der Waals surface area contributed by atoms with Crippen molar-refractivity contribution in [1.82, 2.24) is 0 Å². The van der Waals surface area contributed by atoms with Crippen LogP contribution in [0.4, 0.5) is 4.39 Å². The van der Waals surface area contributed by atoms with E-state index in [1.165, 1.54) is 17.7 Å². The highest BCUT2D eigenvalue weighted by molar-refractivity contribution is 5.27. The van der Waals surface area contributed by atoms with Gasteiger partial charge >= 0.3 is 0 Å². The molecule has 0 amide bonds. The fraction of sp³-hybridized carbons (Fsp3) is 0.400. The second kappa shape index (κ2) is 4.21. The first-order chi connectivity index (χ1) is 5.77. The van der Waals surface area contributed by atoms with Crippen molar-refractivity contribution in [3.8, 4) is 0 Å². The van der Waals surface area contributed by atoms with E-state index in [2.05, 4.69) is 6.92 Å². The molecule has 0 heterocycles. The maximum absolute atomic E-state index is 12.7. The average molecular weight is 167 g/mol. The molecule has 0 aromatic heterocycles. The van der Waals surface area contributed by atoms with E-state index in [4.69, 9.17) is 5.73 Å². The third kappa shape index (κ3) is 2.05. The van der Waals surface area contributed by atoms with Gasteiger partial charge in [0, 0.05) is 6.54 Å². The van der Waals surface area contributed by atoms with Crippen LogP contribution < -0.4 is 5.73 Å². The van der Waals surface area contributed by atoms with Gasteiger partial charge in [0.25, 0.3) is 0 Å². The molecule has 0 radical (unpaired) electrons. The average Bonchev–Trinajstić information content (AvgIpc) is 2.08. The van der Waals surface area contributed by atoms with Crippen molar-refractivity contribution in [2.75, 3.05) is 0 Å². The van der Waals surface area contributed by atoms with E-state index in [9.17, 15) is 4.39 Å². The van der Waals surface area contributed by atoms with E-state index in [1.54, 1.807) is 0 Å². The Morgan fingerprint density at radius 3 is 2.67 bits per heavy atom. The summed E-state index contributed by atoms with van der Waals surface area (Å²) in [4.78, 5) is 0. The third-order valence-corrected chi connectivity index (χ3v) is 1.91. The van der Waals surface area contributed by atoms with Crippen molar-refractivity contribution in [2.24, 2.45) is 5.73 Å². The van der Waals surface area contributed by atoms with Gasteiger partial charge in [-0.05, 0) is 29.7 Å². The molecule has 1 nitrogen and oxygen atoms in total. The van der Waals surface area contributed by atoms with Crippen LogP contribution in [0.1, 0.15) is 24.5 Å². The van der Waals surface area contributed by atoms with Crippen LogP contribution in [0.3, 0.4) is 0 Å². The van der Waals surface area contributed by atoms with E-state index in [-0.39, 0.29) is 5.82 Å². The van der Waals surface area contributed by atoms with Gasteiger partial charge in [-0.2, -0.15) is 0 Å². The second-order valence-electron chi connectivity index (χ2n) is 2.87. The van der Waals surface area contributed by atoms with Crippen molar-refractivity contribution < 1.29 is 4.39 Å². The molecule has 1 rings (SSSR count). The molecule has 1 aromatic rings. The monoisotopic (exact) mass is 167 g/mol. The number of aryl methyl sites for hydroxylation is 1. The van der Waals surface area contributed by atoms with Gasteiger partial charge in [0.05, 0.1) is 0 Å². The first-order valence-corrected chi connectivity index (χ1v) is 4.25. The lowest BCUT2D eigenvalue weighted by atomic mass is 10.0. The highest BCUT2D eigenvalue weighted by atomic mass is 19.1. The highest BCUT2D eigenvalue weighted by Crippen LogP contribution is 2.12. The Labute approximate surface area is 72.4 Å². The predicted octanol–water partition coefficient (Wildman–Crippen LogP) is 2.24. The number of hydrogen-bond acceptors (Lipinski definition) is 1. The molecule has 0 bridgehead atoms. The van der Waals surface area contributed by atoms with Gasteiger partial charge in [0.2, 0.25) is 0 Å². The van der Waals surface area contributed by atoms with Gasteiger partial charge in [0.15, 0.2) is 0 Å². The van der Waals surface area contributed by atoms with Gasteiger partial charge in [-0.15, -0.1) is 0 Å². The third-order valence-electron chi connectivity index (χ3n) is 1.91. The SMILES string of the molecule is CCCc1ccc(F)cc1CN. The van der Waals surface area contributed by atoms with Gasteiger partial charge in [-0.3, -0.25) is 0 Å². The predicted molar refractivity (Wildman–Crippen MR) is 48.3 cm³/mol. The summed E-state index contributed by atoms with van der Waals surface area (Å²) in [7, 11) is 0. The van der Waals surface area contributed by atoms with E-state index < -0.39 is 0 Å². The van der Waals surface area contributed by atoms with Crippen molar-refractivity contribution >= 4 is 0 Å². The summed E-state index contributed by atoms with van der Waals surface area (Å²) in [5, 5.41) is 0. The Morgan fingerprint density at radius 1 is 1.33 bits per heavy atom. The van der Waals surface area contributed by atoms with Crippen LogP contribution in [-0.2, 0) is 13.0 Å². The zero-order valence-corrected chi connectivity index (χ0v) is 7.31. The minimum Gasteiger partial charge on any atom is -0.326 e. The van der Waals surface area contributed by atoms with Gasteiger partial charge in [-0.1, -0.05) is 19.4 Å². The first kappa shape index (κ1) is 9.20. The lowest BCUT2D eigenvalue weighted by Gasteiger charge is -2.05. The number of rotatable bonds is 3.